The Kier molecular flexibility index (Phi) is 7.29. The van der Waals surface area contributed by atoms with Crippen molar-refractivity contribution in [1.82, 2.24) is 15.4 Å². The lowest BCUT2D eigenvalue weighted by Gasteiger charge is -2.26. The Morgan fingerprint density at radius 2 is 2.14 bits per heavy atom. The van der Waals surface area contributed by atoms with Crippen LogP contribution in [0.1, 0.15) is 33.6 Å². The highest BCUT2D eigenvalue weighted by Gasteiger charge is 2.22. The Morgan fingerprint density at radius 3 is 2.67 bits per heavy atom. The lowest BCUT2D eigenvalue weighted by atomic mass is 10.1. The molecule has 0 amide bonds. The zero-order valence-electron chi connectivity index (χ0n) is 13.4. The number of thioether (sulfide) groups is 1. The van der Waals surface area contributed by atoms with Crippen molar-refractivity contribution in [1.29, 1.82) is 0 Å². The minimum Gasteiger partial charge on any atom is -0.357 e. The highest BCUT2D eigenvalue weighted by atomic mass is 32.2. The van der Waals surface area contributed by atoms with Crippen molar-refractivity contribution in [2.24, 2.45) is 4.99 Å². The van der Waals surface area contributed by atoms with Crippen molar-refractivity contribution < 1.29 is 8.42 Å². The van der Waals surface area contributed by atoms with E-state index >= 15 is 0 Å². The van der Waals surface area contributed by atoms with E-state index in [4.69, 9.17) is 0 Å². The number of hydrogen-bond acceptors (Lipinski definition) is 4. The summed E-state index contributed by atoms with van der Waals surface area (Å²) >= 11 is 1.96. The Labute approximate surface area is 133 Å². The molecule has 124 valence electrons. The van der Waals surface area contributed by atoms with Gasteiger partial charge in [-0.3, -0.25) is 4.99 Å². The van der Waals surface area contributed by atoms with Gasteiger partial charge in [0.1, 0.15) is 0 Å². The largest absolute Gasteiger partial charge is 0.357 e. The average Bonchev–Trinajstić information content (AvgIpc) is 2.35. The van der Waals surface area contributed by atoms with Crippen LogP contribution < -0.4 is 15.4 Å². The molecule has 1 saturated heterocycles. The molecule has 1 fully saturated rings. The van der Waals surface area contributed by atoms with Crippen LogP contribution in [0.15, 0.2) is 4.99 Å². The first-order valence-corrected chi connectivity index (χ1v) is 10.4. The topological polar surface area (TPSA) is 82.6 Å². The van der Waals surface area contributed by atoms with Gasteiger partial charge in [0.15, 0.2) is 5.96 Å². The van der Waals surface area contributed by atoms with Gasteiger partial charge in [-0.2, -0.15) is 11.8 Å². The minimum atomic E-state index is -3.23. The van der Waals surface area contributed by atoms with Crippen LogP contribution in [-0.2, 0) is 10.0 Å². The van der Waals surface area contributed by atoms with E-state index in [2.05, 4.69) is 20.3 Å². The zero-order valence-corrected chi connectivity index (χ0v) is 15.0. The Morgan fingerprint density at radius 1 is 1.43 bits per heavy atom. The summed E-state index contributed by atoms with van der Waals surface area (Å²) < 4.78 is 25.3. The van der Waals surface area contributed by atoms with Crippen LogP contribution in [0, 0.1) is 0 Å². The van der Waals surface area contributed by atoms with Gasteiger partial charge < -0.3 is 10.6 Å². The minimum absolute atomic E-state index is 0.384. The molecular weight excluding hydrogens is 308 g/mol. The van der Waals surface area contributed by atoms with E-state index in [1.807, 2.05) is 32.5 Å². The van der Waals surface area contributed by atoms with E-state index in [0.717, 1.165) is 24.7 Å². The SMILES string of the molecule is CCNC(=NCC(C)(C)NS(C)(=O)=O)NC1CCCSC1. The van der Waals surface area contributed by atoms with Gasteiger partial charge in [-0.25, -0.2) is 13.1 Å². The second kappa shape index (κ2) is 8.24. The van der Waals surface area contributed by atoms with Gasteiger partial charge in [-0.1, -0.05) is 0 Å². The van der Waals surface area contributed by atoms with E-state index in [9.17, 15) is 8.42 Å². The number of nitrogens with one attached hydrogen (secondary N) is 3. The zero-order chi connectivity index (χ0) is 15.9. The molecule has 3 N–H and O–H groups in total. The third-order valence-corrected chi connectivity index (χ3v) is 5.08. The molecule has 21 heavy (non-hydrogen) atoms. The number of aliphatic imine (C=N–C) groups is 1. The number of guanidine groups is 1. The lowest BCUT2D eigenvalue weighted by molar-refractivity contribution is 0.463. The highest BCUT2D eigenvalue weighted by molar-refractivity contribution is 7.99. The molecule has 0 radical (unpaired) electrons. The Hall–Kier alpha value is -0.470. The fraction of sp³-hybridized carbons (Fsp3) is 0.923. The molecule has 1 heterocycles. The van der Waals surface area contributed by atoms with Crippen LogP contribution in [0.5, 0.6) is 0 Å². The van der Waals surface area contributed by atoms with Gasteiger partial charge in [-0.15, -0.1) is 0 Å². The van der Waals surface area contributed by atoms with E-state index in [1.165, 1.54) is 18.4 Å². The quantitative estimate of drug-likeness (QED) is 0.493. The van der Waals surface area contributed by atoms with Gasteiger partial charge in [0.05, 0.1) is 12.8 Å². The molecule has 0 aromatic carbocycles. The van der Waals surface area contributed by atoms with Crippen LogP contribution in [-0.4, -0.2) is 56.8 Å². The number of hydrogen-bond donors (Lipinski definition) is 3. The van der Waals surface area contributed by atoms with Gasteiger partial charge in [-0.05, 0) is 39.4 Å². The highest BCUT2D eigenvalue weighted by Crippen LogP contribution is 2.16. The fourth-order valence-corrected chi connectivity index (χ4v) is 4.32. The van der Waals surface area contributed by atoms with Crippen LogP contribution in [0.4, 0.5) is 0 Å². The monoisotopic (exact) mass is 336 g/mol. The molecular formula is C13H28N4O2S2. The first-order valence-electron chi connectivity index (χ1n) is 7.33. The molecule has 1 aliphatic heterocycles. The van der Waals surface area contributed by atoms with Crippen molar-refractivity contribution in [2.45, 2.75) is 45.2 Å². The summed E-state index contributed by atoms with van der Waals surface area (Å²) in [5.74, 6) is 3.08. The summed E-state index contributed by atoms with van der Waals surface area (Å²) in [6.45, 7) is 6.85. The second-order valence-electron chi connectivity index (χ2n) is 6.01. The predicted molar refractivity (Wildman–Crippen MR) is 91.5 cm³/mol. The first-order chi connectivity index (χ1) is 9.72. The lowest BCUT2D eigenvalue weighted by Crippen LogP contribution is -2.48. The third kappa shape index (κ3) is 8.53. The molecule has 1 rings (SSSR count). The second-order valence-corrected chi connectivity index (χ2v) is 8.91. The smallest absolute Gasteiger partial charge is 0.209 e. The van der Waals surface area contributed by atoms with Crippen LogP contribution >= 0.6 is 11.8 Å². The van der Waals surface area contributed by atoms with Crippen LogP contribution in [0.2, 0.25) is 0 Å². The van der Waals surface area contributed by atoms with E-state index in [-0.39, 0.29) is 0 Å². The van der Waals surface area contributed by atoms with Gasteiger partial charge in [0.2, 0.25) is 10.0 Å². The maximum atomic E-state index is 11.3. The summed E-state index contributed by atoms with van der Waals surface area (Å²) in [4.78, 5) is 4.52. The molecule has 0 aromatic heterocycles. The molecule has 0 aromatic rings. The third-order valence-electron chi connectivity index (χ3n) is 2.94. The average molecular weight is 337 g/mol. The Balaban J connectivity index is 2.61. The fourth-order valence-electron chi connectivity index (χ4n) is 2.18. The molecule has 8 heteroatoms. The first kappa shape index (κ1) is 18.6. The maximum Gasteiger partial charge on any atom is 0.209 e. The van der Waals surface area contributed by atoms with Crippen LogP contribution in [0.25, 0.3) is 0 Å². The van der Waals surface area contributed by atoms with Gasteiger partial charge in [0, 0.05) is 23.9 Å². The maximum absolute atomic E-state index is 11.3. The molecule has 0 bridgehead atoms. The summed E-state index contributed by atoms with van der Waals surface area (Å²) in [6.07, 6.45) is 3.55. The molecule has 0 aliphatic carbocycles. The molecule has 1 unspecified atom stereocenters. The van der Waals surface area contributed by atoms with Crippen molar-refractivity contribution in [3.05, 3.63) is 0 Å². The molecule has 0 saturated carbocycles. The van der Waals surface area contributed by atoms with Crippen molar-refractivity contribution in [3.8, 4) is 0 Å². The van der Waals surface area contributed by atoms with E-state index in [0.29, 0.717) is 12.6 Å². The molecule has 0 spiro atoms. The van der Waals surface area contributed by atoms with Crippen molar-refractivity contribution >= 4 is 27.7 Å². The van der Waals surface area contributed by atoms with Gasteiger partial charge >= 0.3 is 0 Å². The normalized spacial score (nSPS) is 21.1. The number of nitrogens with zero attached hydrogens (tertiary/aromatic N) is 1. The summed E-state index contributed by atoms with van der Waals surface area (Å²) in [7, 11) is -3.23. The molecule has 6 nitrogen and oxygen atoms in total. The summed E-state index contributed by atoms with van der Waals surface area (Å²) in [5, 5.41) is 6.65. The Bertz CT molecular complexity index is 443. The summed E-state index contributed by atoms with van der Waals surface area (Å²) in [5.41, 5.74) is -0.600. The predicted octanol–water partition coefficient (Wildman–Crippen LogP) is 0.765. The van der Waals surface area contributed by atoms with Crippen molar-refractivity contribution in [3.63, 3.8) is 0 Å². The van der Waals surface area contributed by atoms with E-state index < -0.39 is 15.6 Å². The molecule has 1 aliphatic rings. The standard InChI is InChI=1S/C13H28N4O2S2/c1-5-14-12(16-11-7-6-8-20-9-11)15-10-13(2,3)17-21(4,18)19/h11,17H,5-10H2,1-4H3,(H2,14,15,16). The number of sulfonamides is 1. The van der Waals surface area contributed by atoms with Crippen molar-refractivity contribution in [2.75, 3.05) is 30.9 Å². The molecule has 1 atom stereocenters. The summed E-state index contributed by atoms with van der Waals surface area (Å²) in [6, 6.07) is 0.438. The van der Waals surface area contributed by atoms with Crippen LogP contribution in [0.3, 0.4) is 0 Å². The number of rotatable bonds is 6. The van der Waals surface area contributed by atoms with Gasteiger partial charge in [0.25, 0.3) is 0 Å². The van der Waals surface area contributed by atoms with E-state index in [1.54, 1.807) is 0 Å².